The Hall–Kier alpha value is -4.81. The number of carbonyl (C=O) groups excluding carboxylic acids is 2. The van der Waals surface area contributed by atoms with Gasteiger partial charge >= 0.3 is 24.2 Å². The number of alkyl halides is 5. The van der Waals surface area contributed by atoms with Crippen LogP contribution in [0.5, 0.6) is 11.5 Å². The van der Waals surface area contributed by atoms with Crippen LogP contribution in [0.15, 0.2) is 72.8 Å². The molecule has 0 unspecified atom stereocenters. The van der Waals surface area contributed by atoms with Gasteiger partial charge in [0.25, 0.3) is 0 Å². The van der Waals surface area contributed by atoms with Crippen molar-refractivity contribution in [3.05, 3.63) is 89.5 Å². The summed E-state index contributed by atoms with van der Waals surface area (Å²) in [5, 5.41) is 0. The Morgan fingerprint density at radius 2 is 1.34 bits per heavy atom. The van der Waals surface area contributed by atoms with Crippen molar-refractivity contribution in [3.8, 4) is 11.5 Å². The molecule has 0 fully saturated rings. The minimum atomic E-state index is -4.18. The molecule has 0 aliphatic heterocycles. The lowest BCUT2D eigenvalue weighted by atomic mass is 10.2. The SMILES string of the molecule is Nc1cc(N)cc(C(=O)OCCOC(=O)C=Cc2ccc(OC(F)(F)c3ccc(OCCCCCC(F)(F)F)cc3)cc2)c1. The van der Waals surface area contributed by atoms with Crippen LogP contribution in [0.2, 0.25) is 0 Å². The highest BCUT2D eigenvalue weighted by Crippen LogP contribution is 2.33. The zero-order valence-corrected chi connectivity index (χ0v) is 23.4. The number of rotatable bonds is 15. The number of nitrogen functional groups attached to an aromatic ring is 2. The summed E-state index contributed by atoms with van der Waals surface area (Å²) >= 11 is 0. The largest absolute Gasteiger partial charge is 0.494 e. The number of nitrogens with two attached hydrogens (primary N) is 2. The molecule has 0 radical (unpaired) electrons. The molecule has 0 saturated heterocycles. The number of hydrogen-bond acceptors (Lipinski definition) is 8. The highest BCUT2D eigenvalue weighted by molar-refractivity contribution is 5.91. The lowest BCUT2D eigenvalue weighted by Crippen LogP contribution is -2.21. The van der Waals surface area contributed by atoms with Gasteiger partial charge in [-0.25, -0.2) is 9.59 Å². The van der Waals surface area contributed by atoms with E-state index in [4.69, 9.17) is 30.4 Å². The van der Waals surface area contributed by atoms with Crippen LogP contribution in [-0.2, 0) is 20.4 Å². The van der Waals surface area contributed by atoms with E-state index < -0.39 is 36.2 Å². The zero-order valence-electron chi connectivity index (χ0n) is 23.4. The summed E-state index contributed by atoms with van der Waals surface area (Å²) in [5.74, 6) is -1.21. The number of unbranched alkanes of at least 4 members (excludes halogenated alkanes) is 2. The highest BCUT2D eigenvalue weighted by Gasteiger charge is 2.34. The first kappa shape index (κ1) is 33.7. The van der Waals surface area contributed by atoms with E-state index in [1.807, 2.05) is 0 Å². The van der Waals surface area contributed by atoms with Crippen LogP contribution in [0.1, 0.15) is 47.2 Å². The second kappa shape index (κ2) is 15.6. The van der Waals surface area contributed by atoms with Crippen molar-refractivity contribution < 1.29 is 50.5 Å². The third-order valence-corrected chi connectivity index (χ3v) is 5.88. The third-order valence-electron chi connectivity index (χ3n) is 5.88. The Morgan fingerprint density at radius 1 is 0.727 bits per heavy atom. The molecular weight excluding hydrogens is 591 g/mol. The van der Waals surface area contributed by atoms with Crippen molar-refractivity contribution >= 4 is 29.4 Å². The Labute approximate surface area is 250 Å². The Kier molecular flexibility index (Phi) is 11.9. The second-order valence-electron chi connectivity index (χ2n) is 9.51. The molecule has 0 amide bonds. The van der Waals surface area contributed by atoms with Crippen molar-refractivity contribution in [3.63, 3.8) is 0 Å². The van der Waals surface area contributed by atoms with Gasteiger partial charge in [0.1, 0.15) is 24.7 Å². The first-order valence-corrected chi connectivity index (χ1v) is 13.5. The molecule has 4 N–H and O–H groups in total. The molecule has 0 aliphatic carbocycles. The monoisotopic (exact) mass is 622 g/mol. The van der Waals surface area contributed by atoms with Gasteiger partial charge in [0.05, 0.1) is 17.7 Å². The summed E-state index contributed by atoms with van der Waals surface area (Å²) in [4.78, 5) is 24.0. The standard InChI is InChI=1S/C31H31F5N2O6/c32-30(33,34)14-2-1-3-15-41-26-11-7-23(8-12-26)31(35,36)44-27-9-4-21(5-10-27)6-13-28(39)42-16-17-43-29(40)22-18-24(37)20-25(38)19-22/h4-13,18-20H,1-3,14-17,37-38H2. The van der Waals surface area contributed by atoms with Crippen molar-refractivity contribution in [1.29, 1.82) is 0 Å². The predicted octanol–water partition coefficient (Wildman–Crippen LogP) is 6.89. The van der Waals surface area contributed by atoms with Gasteiger partial charge in [-0.15, -0.1) is 0 Å². The molecule has 0 aromatic heterocycles. The van der Waals surface area contributed by atoms with E-state index in [0.29, 0.717) is 35.5 Å². The number of halogens is 5. The summed E-state index contributed by atoms with van der Waals surface area (Å²) in [6.45, 7) is -0.232. The van der Waals surface area contributed by atoms with Gasteiger partial charge in [0.15, 0.2) is 0 Å². The minimum Gasteiger partial charge on any atom is -0.494 e. The van der Waals surface area contributed by atoms with E-state index >= 15 is 0 Å². The zero-order chi connectivity index (χ0) is 32.2. The maximum atomic E-state index is 14.7. The van der Waals surface area contributed by atoms with E-state index in [1.165, 1.54) is 60.7 Å². The summed E-state index contributed by atoms with van der Waals surface area (Å²) in [6, 6.07) is 14.7. The van der Waals surface area contributed by atoms with Crippen molar-refractivity contribution in [1.82, 2.24) is 0 Å². The molecule has 0 saturated carbocycles. The maximum absolute atomic E-state index is 14.7. The molecule has 0 atom stereocenters. The number of ether oxygens (including phenoxy) is 4. The number of anilines is 2. The number of carbonyl (C=O) groups is 2. The summed E-state index contributed by atoms with van der Waals surface area (Å²) in [6.07, 6.45) is -5.43. The van der Waals surface area contributed by atoms with Crippen LogP contribution >= 0.6 is 0 Å². The van der Waals surface area contributed by atoms with Gasteiger partial charge in [0, 0.05) is 23.9 Å². The van der Waals surface area contributed by atoms with Crippen molar-refractivity contribution in [2.45, 2.75) is 38.0 Å². The topological polar surface area (TPSA) is 123 Å². The van der Waals surface area contributed by atoms with Gasteiger partial charge in [0.2, 0.25) is 0 Å². The molecule has 3 rings (SSSR count). The third kappa shape index (κ3) is 11.8. The van der Waals surface area contributed by atoms with Gasteiger partial charge in [-0.3, -0.25) is 0 Å². The minimum absolute atomic E-state index is 0.00303. The molecule has 3 aromatic carbocycles. The first-order valence-electron chi connectivity index (χ1n) is 13.5. The summed E-state index contributed by atoms with van der Waals surface area (Å²) < 4.78 is 86.0. The van der Waals surface area contributed by atoms with Crippen LogP contribution in [0, 0.1) is 0 Å². The van der Waals surface area contributed by atoms with E-state index in [0.717, 1.165) is 18.2 Å². The van der Waals surface area contributed by atoms with E-state index in [9.17, 15) is 31.5 Å². The fourth-order valence-electron chi connectivity index (χ4n) is 3.76. The van der Waals surface area contributed by atoms with Crippen LogP contribution in [0.25, 0.3) is 6.08 Å². The smallest absolute Gasteiger partial charge is 0.426 e. The van der Waals surface area contributed by atoms with Crippen LogP contribution in [-0.4, -0.2) is 37.9 Å². The lowest BCUT2D eigenvalue weighted by molar-refractivity contribution is -0.185. The van der Waals surface area contributed by atoms with Gasteiger partial charge < -0.3 is 30.4 Å². The van der Waals surface area contributed by atoms with Crippen LogP contribution < -0.4 is 20.9 Å². The van der Waals surface area contributed by atoms with Gasteiger partial charge in [-0.05, 0) is 85.5 Å². The summed E-state index contributed by atoms with van der Waals surface area (Å²) in [5.41, 5.74) is 12.1. The van der Waals surface area contributed by atoms with Crippen LogP contribution in [0.4, 0.5) is 33.3 Å². The average Bonchev–Trinajstić information content (AvgIpc) is 2.95. The fourth-order valence-corrected chi connectivity index (χ4v) is 3.76. The molecule has 0 spiro atoms. The fraction of sp³-hybridized carbons (Fsp3) is 0.290. The number of benzene rings is 3. The second-order valence-corrected chi connectivity index (χ2v) is 9.51. The molecule has 13 heteroatoms. The average molecular weight is 623 g/mol. The van der Waals surface area contributed by atoms with Gasteiger partial charge in [-0.2, -0.15) is 22.0 Å². The Bertz CT molecular complexity index is 1390. The van der Waals surface area contributed by atoms with Crippen molar-refractivity contribution in [2.75, 3.05) is 31.3 Å². The lowest BCUT2D eigenvalue weighted by Gasteiger charge is -2.18. The van der Waals surface area contributed by atoms with Crippen LogP contribution in [0.3, 0.4) is 0 Å². The molecule has 8 nitrogen and oxygen atoms in total. The van der Waals surface area contributed by atoms with Crippen molar-refractivity contribution in [2.24, 2.45) is 0 Å². The highest BCUT2D eigenvalue weighted by atomic mass is 19.4. The van der Waals surface area contributed by atoms with E-state index in [1.54, 1.807) is 0 Å². The Balaban J connectivity index is 1.39. The molecule has 236 valence electrons. The predicted molar refractivity (Wildman–Crippen MR) is 153 cm³/mol. The Morgan fingerprint density at radius 3 is 1.98 bits per heavy atom. The normalized spacial score (nSPS) is 11.8. The van der Waals surface area contributed by atoms with Gasteiger partial charge in [-0.1, -0.05) is 12.1 Å². The number of hydrogen-bond donors (Lipinski definition) is 2. The molecule has 3 aromatic rings. The molecule has 0 bridgehead atoms. The first-order chi connectivity index (χ1) is 20.8. The molecule has 0 aliphatic rings. The number of esters is 2. The summed E-state index contributed by atoms with van der Waals surface area (Å²) in [7, 11) is 0. The van der Waals surface area contributed by atoms with E-state index in [2.05, 4.69) is 0 Å². The quantitative estimate of drug-likeness (QED) is 0.0618. The maximum Gasteiger partial charge on any atom is 0.426 e. The van der Waals surface area contributed by atoms with E-state index in [-0.39, 0.29) is 37.6 Å². The molecular formula is C31H31F5N2O6. The molecule has 0 heterocycles. The molecule has 44 heavy (non-hydrogen) atoms.